The van der Waals surface area contributed by atoms with Gasteiger partial charge in [-0.05, 0) is 37.5 Å². The van der Waals surface area contributed by atoms with Crippen LogP contribution in [-0.2, 0) is 9.84 Å². The standard InChI is InChI=1S/C11H20N4O2S2/c1-14-5-4-8(6-14)7-15(2)11-9(19(3,16)17)10(12)13-18-11/h8H,4-7H2,1-3H3,(H2,12,13). The summed E-state index contributed by atoms with van der Waals surface area (Å²) >= 11 is 1.15. The fourth-order valence-electron chi connectivity index (χ4n) is 2.52. The van der Waals surface area contributed by atoms with Crippen molar-refractivity contribution in [1.82, 2.24) is 9.27 Å². The Morgan fingerprint density at radius 3 is 2.79 bits per heavy atom. The van der Waals surface area contributed by atoms with Crippen LogP contribution < -0.4 is 10.6 Å². The molecular formula is C11H20N4O2S2. The second-order valence-electron chi connectivity index (χ2n) is 5.27. The van der Waals surface area contributed by atoms with Crippen molar-refractivity contribution in [2.45, 2.75) is 11.3 Å². The average Bonchev–Trinajstić information content (AvgIpc) is 2.84. The van der Waals surface area contributed by atoms with Crippen LogP contribution in [0.1, 0.15) is 6.42 Å². The molecule has 1 aromatic rings. The highest BCUT2D eigenvalue weighted by molar-refractivity contribution is 7.91. The Balaban J connectivity index is 2.18. The van der Waals surface area contributed by atoms with Gasteiger partial charge in [0.2, 0.25) is 0 Å². The highest BCUT2D eigenvalue weighted by Crippen LogP contribution is 2.34. The Bertz CT molecular complexity index is 555. The first-order valence-electron chi connectivity index (χ1n) is 6.14. The Kier molecular flexibility index (Phi) is 4.03. The van der Waals surface area contributed by atoms with E-state index in [4.69, 9.17) is 5.73 Å². The lowest BCUT2D eigenvalue weighted by Gasteiger charge is -2.22. The minimum Gasteiger partial charge on any atom is -0.382 e. The van der Waals surface area contributed by atoms with Crippen LogP contribution in [0.3, 0.4) is 0 Å². The van der Waals surface area contributed by atoms with Gasteiger partial charge in [0.15, 0.2) is 15.7 Å². The highest BCUT2D eigenvalue weighted by atomic mass is 32.2. The van der Waals surface area contributed by atoms with E-state index in [1.165, 1.54) is 6.26 Å². The maximum atomic E-state index is 11.8. The van der Waals surface area contributed by atoms with Crippen molar-refractivity contribution in [3.8, 4) is 0 Å². The summed E-state index contributed by atoms with van der Waals surface area (Å²) in [4.78, 5) is 4.43. The van der Waals surface area contributed by atoms with Crippen LogP contribution in [0.2, 0.25) is 0 Å². The van der Waals surface area contributed by atoms with Crippen LogP contribution in [0.4, 0.5) is 10.8 Å². The van der Waals surface area contributed by atoms with Crippen LogP contribution in [0.15, 0.2) is 4.90 Å². The van der Waals surface area contributed by atoms with Crippen molar-refractivity contribution in [2.24, 2.45) is 5.92 Å². The van der Waals surface area contributed by atoms with E-state index < -0.39 is 9.84 Å². The Morgan fingerprint density at radius 2 is 2.26 bits per heavy atom. The molecule has 2 heterocycles. The molecule has 0 spiro atoms. The lowest BCUT2D eigenvalue weighted by molar-refractivity contribution is 0.396. The summed E-state index contributed by atoms with van der Waals surface area (Å²) < 4.78 is 27.5. The minimum atomic E-state index is -3.34. The molecule has 1 fully saturated rings. The van der Waals surface area contributed by atoms with Crippen LogP contribution in [-0.4, -0.2) is 57.7 Å². The summed E-state index contributed by atoms with van der Waals surface area (Å²) in [5.74, 6) is 0.670. The first-order chi connectivity index (χ1) is 8.79. The molecule has 0 aliphatic carbocycles. The predicted octanol–water partition coefficient (Wildman–Crippen LogP) is 0.517. The summed E-state index contributed by atoms with van der Waals surface area (Å²) in [5, 5.41) is 0.648. The quantitative estimate of drug-likeness (QED) is 0.873. The monoisotopic (exact) mass is 304 g/mol. The zero-order valence-electron chi connectivity index (χ0n) is 11.5. The Labute approximate surface area is 118 Å². The summed E-state index contributed by atoms with van der Waals surface area (Å²) in [6.07, 6.45) is 2.32. The molecule has 0 saturated carbocycles. The van der Waals surface area contributed by atoms with E-state index in [-0.39, 0.29) is 10.7 Å². The van der Waals surface area contributed by atoms with Crippen molar-refractivity contribution >= 4 is 32.2 Å². The number of nitrogens with zero attached hydrogens (tertiary/aromatic N) is 3. The molecule has 1 aliphatic rings. The molecule has 0 bridgehead atoms. The maximum absolute atomic E-state index is 11.8. The number of nitrogens with two attached hydrogens (primary N) is 1. The Hall–Kier alpha value is -0.860. The third-order valence-electron chi connectivity index (χ3n) is 3.40. The zero-order chi connectivity index (χ0) is 14.2. The molecule has 108 valence electrons. The molecule has 6 nitrogen and oxygen atoms in total. The van der Waals surface area contributed by atoms with Gasteiger partial charge in [-0.3, -0.25) is 0 Å². The number of nitrogen functional groups attached to an aromatic ring is 1. The van der Waals surface area contributed by atoms with Gasteiger partial charge < -0.3 is 15.5 Å². The average molecular weight is 304 g/mol. The molecule has 1 unspecified atom stereocenters. The summed E-state index contributed by atoms with van der Waals surface area (Å²) in [5.41, 5.74) is 5.68. The number of rotatable bonds is 4. The van der Waals surface area contributed by atoms with E-state index in [0.29, 0.717) is 10.9 Å². The number of hydrogen-bond donors (Lipinski definition) is 1. The molecule has 0 aromatic carbocycles. The van der Waals surface area contributed by atoms with Crippen molar-refractivity contribution in [2.75, 3.05) is 50.6 Å². The van der Waals surface area contributed by atoms with Gasteiger partial charge in [-0.2, -0.15) is 4.37 Å². The number of sulfone groups is 1. The molecule has 1 saturated heterocycles. The molecule has 1 aliphatic heterocycles. The SMILES string of the molecule is CN1CCC(CN(C)c2snc(N)c2S(C)(=O)=O)C1. The van der Waals surface area contributed by atoms with E-state index in [9.17, 15) is 8.42 Å². The fraction of sp³-hybridized carbons (Fsp3) is 0.727. The van der Waals surface area contributed by atoms with Gasteiger partial charge >= 0.3 is 0 Å². The van der Waals surface area contributed by atoms with Gasteiger partial charge in [0, 0.05) is 26.4 Å². The molecule has 19 heavy (non-hydrogen) atoms. The van der Waals surface area contributed by atoms with Gasteiger partial charge in [-0.25, -0.2) is 8.42 Å². The van der Waals surface area contributed by atoms with Crippen molar-refractivity contribution < 1.29 is 8.42 Å². The number of likely N-dealkylation sites (tertiary alicyclic amines) is 1. The van der Waals surface area contributed by atoms with Crippen molar-refractivity contribution in [3.63, 3.8) is 0 Å². The lowest BCUT2D eigenvalue weighted by Crippen LogP contribution is -2.27. The molecule has 1 aromatic heterocycles. The minimum absolute atomic E-state index is 0.109. The van der Waals surface area contributed by atoms with E-state index >= 15 is 0 Å². The summed E-state index contributed by atoms with van der Waals surface area (Å²) in [6.45, 7) is 2.98. The third-order valence-corrected chi connectivity index (χ3v) is 5.65. The first-order valence-corrected chi connectivity index (χ1v) is 8.80. The van der Waals surface area contributed by atoms with E-state index in [0.717, 1.165) is 37.6 Å². The number of anilines is 2. The van der Waals surface area contributed by atoms with Crippen molar-refractivity contribution in [3.05, 3.63) is 0 Å². The van der Waals surface area contributed by atoms with Crippen LogP contribution >= 0.6 is 11.5 Å². The van der Waals surface area contributed by atoms with E-state index in [1.807, 2.05) is 11.9 Å². The van der Waals surface area contributed by atoms with E-state index in [1.54, 1.807) is 0 Å². The van der Waals surface area contributed by atoms with Crippen LogP contribution in [0, 0.1) is 5.92 Å². The van der Waals surface area contributed by atoms with Gasteiger partial charge in [-0.1, -0.05) is 0 Å². The second kappa shape index (κ2) is 5.26. The number of hydrogen-bond acceptors (Lipinski definition) is 7. The van der Waals surface area contributed by atoms with Crippen molar-refractivity contribution in [1.29, 1.82) is 0 Å². The van der Waals surface area contributed by atoms with Gasteiger partial charge in [0.25, 0.3) is 0 Å². The largest absolute Gasteiger partial charge is 0.382 e. The smallest absolute Gasteiger partial charge is 0.182 e. The van der Waals surface area contributed by atoms with Gasteiger partial charge in [0.05, 0.1) is 0 Å². The number of aromatic nitrogens is 1. The summed E-state index contributed by atoms with van der Waals surface area (Å²) in [6, 6.07) is 0. The maximum Gasteiger partial charge on any atom is 0.182 e. The molecule has 2 rings (SSSR count). The van der Waals surface area contributed by atoms with Gasteiger partial charge in [-0.15, -0.1) is 0 Å². The van der Waals surface area contributed by atoms with E-state index in [2.05, 4.69) is 16.3 Å². The van der Waals surface area contributed by atoms with Crippen LogP contribution in [0.5, 0.6) is 0 Å². The second-order valence-corrected chi connectivity index (χ2v) is 7.98. The lowest BCUT2D eigenvalue weighted by atomic mass is 10.1. The first kappa shape index (κ1) is 14.5. The normalized spacial score (nSPS) is 20.9. The Morgan fingerprint density at radius 1 is 1.58 bits per heavy atom. The molecule has 8 heteroatoms. The third kappa shape index (κ3) is 3.18. The fourth-order valence-corrected chi connectivity index (χ4v) is 4.72. The molecule has 1 atom stereocenters. The molecular weight excluding hydrogens is 284 g/mol. The predicted molar refractivity (Wildman–Crippen MR) is 78.5 cm³/mol. The molecule has 0 amide bonds. The highest BCUT2D eigenvalue weighted by Gasteiger charge is 2.26. The topological polar surface area (TPSA) is 79.5 Å². The molecule has 0 radical (unpaired) electrons. The summed E-state index contributed by atoms with van der Waals surface area (Å²) in [7, 11) is 0.667. The molecule has 2 N–H and O–H groups in total. The van der Waals surface area contributed by atoms with Crippen LogP contribution in [0.25, 0.3) is 0 Å². The zero-order valence-corrected chi connectivity index (χ0v) is 13.1. The van der Waals surface area contributed by atoms with Gasteiger partial charge in [0.1, 0.15) is 9.90 Å².